The Morgan fingerprint density at radius 2 is 1.94 bits per heavy atom. The van der Waals surface area contributed by atoms with Crippen LogP contribution in [0.3, 0.4) is 0 Å². The number of sulfone groups is 1. The molecule has 1 saturated carbocycles. The van der Waals surface area contributed by atoms with Gasteiger partial charge in [0.2, 0.25) is 0 Å². The number of piperidine rings is 1. The first-order valence-corrected chi connectivity index (χ1v) is 15.3. The van der Waals surface area contributed by atoms with Gasteiger partial charge in [0.25, 0.3) is 5.91 Å². The topological polar surface area (TPSA) is 109 Å². The van der Waals surface area contributed by atoms with Crippen LogP contribution < -0.4 is 10.2 Å². The number of carbonyl (C=O) groups excluding carboxylic acids is 1. The molecule has 2 fully saturated rings. The van der Waals surface area contributed by atoms with Gasteiger partial charge >= 0.3 is 0 Å². The number of carbonyl (C=O) groups is 1. The number of aromatic nitrogens is 1. The highest BCUT2D eigenvalue weighted by atomic mass is 35.5. The van der Waals surface area contributed by atoms with Crippen LogP contribution >= 0.6 is 34.7 Å². The van der Waals surface area contributed by atoms with Crippen molar-refractivity contribution in [3.63, 3.8) is 0 Å². The van der Waals surface area contributed by atoms with E-state index in [9.17, 15) is 18.4 Å². The van der Waals surface area contributed by atoms with Gasteiger partial charge in [-0.1, -0.05) is 23.4 Å². The van der Waals surface area contributed by atoms with E-state index in [2.05, 4.69) is 9.88 Å². The summed E-state index contributed by atoms with van der Waals surface area (Å²) in [7, 11) is -4.03. The SMILES string of the molecule is O=C(NO)C1(S(=O)(=O)c2ccc(OCCSc3nc4cc(Cl)ccc4s3)cc2)CCN(C2CC2)CC1. The number of likely N-dealkylation sites (tertiary alicyclic amines) is 1. The first-order chi connectivity index (χ1) is 17.3. The number of halogens is 1. The number of amides is 1. The Bertz CT molecular complexity index is 1350. The Kier molecular flexibility index (Phi) is 7.49. The molecule has 0 bridgehead atoms. The lowest BCUT2D eigenvalue weighted by Crippen LogP contribution is -2.58. The van der Waals surface area contributed by atoms with Crippen LogP contribution in [0.5, 0.6) is 5.75 Å². The molecule has 192 valence electrons. The summed E-state index contributed by atoms with van der Waals surface area (Å²) < 4.78 is 33.3. The fourth-order valence-electron chi connectivity index (χ4n) is 4.58. The molecule has 0 radical (unpaired) electrons. The zero-order valence-electron chi connectivity index (χ0n) is 19.4. The molecular formula is C24H26ClN3O5S3. The van der Waals surface area contributed by atoms with Crippen molar-refractivity contribution in [2.75, 3.05) is 25.4 Å². The van der Waals surface area contributed by atoms with Gasteiger partial charge in [-0.15, -0.1) is 11.3 Å². The van der Waals surface area contributed by atoms with E-state index in [0.717, 1.165) is 27.4 Å². The van der Waals surface area contributed by atoms with E-state index >= 15 is 0 Å². The molecule has 2 heterocycles. The van der Waals surface area contributed by atoms with E-state index in [1.807, 2.05) is 18.2 Å². The monoisotopic (exact) mass is 567 g/mol. The summed E-state index contributed by atoms with van der Waals surface area (Å²) in [5.41, 5.74) is 2.48. The molecule has 0 atom stereocenters. The third-order valence-corrected chi connectivity index (χ3v) is 11.6. The van der Waals surface area contributed by atoms with Crippen molar-refractivity contribution >= 4 is 60.7 Å². The third kappa shape index (κ3) is 5.09. The van der Waals surface area contributed by atoms with E-state index in [1.165, 1.54) is 12.1 Å². The lowest BCUT2D eigenvalue weighted by atomic mass is 9.94. The fourth-order valence-corrected chi connectivity index (χ4v) is 8.64. The number of hydroxylamine groups is 1. The van der Waals surface area contributed by atoms with Crippen molar-refractivity contribution in [1.82, 2.24) is 15.4 Å². The highest BCUT2D eigenvalue weighted by Crippen LogP contribution is 2.39. The number of ether oxygens (including phenoxy) is 1. The van der Waals surface area contributed by atoms with Gasteiger partial charge in [0.15, 0.2) is 18.9 Å². The third-order valence-electron chi connectivity index (χ3n) is 6.74. The zero-order valence-corrected chi connectivity index (χ0v) is 22.6. The van der Waals surface area contributed by atoms with Crippen molar-refractivity contribution < 1.29 is 23.2 Å². The molecule has 1 aliphatic carbocycles. The molecule has 1 saturated heterocycles. The number of nitrogens with one attached hydrogen (secondary N) is 1. The molecule has 5 rings (SSSR count). The number of hydrogen-bond acceptors (Lipinski definition) is 9. The molecule has 2 aliphatic rings. The lowest BCUT2D eigenvalue weighted by molar-refractivity contribution is -0.133. The maximum atomic E-state index is 13.6. The second kappa shape index (κ2) is 10.5. The van der Waals surface area contributed by atoms with Gasteiger partial charge in [-0.3, -0.25) is 10.0 Å². The Balaban J connectivity index is 1.20. The van der Waals surface area contributed by atoms with Crippen molar-refractivity contribution in [3.05, 3.63) is 47.5 Å². The van der Waals surface area contributed by atoms with Gasteiger partial charge in [0.05, 0.1) is 21.7 Å². The van der Waals surface area contributed by atoms with E-state index in [1.54, 1.807) is 40.7 Å². The summed E-state index contributed by atoms with van der Waals surface area (Å²) in [6.45, 7) is 1.44. The van der Waals surface area contributed by atoms with Gasteiger partial charge in [-0.2, -0.15) is 0 Å². The summed E-state index contributed by atoms with van der Waals surface area (Å²) in [5.74, 6) is 0.340. The van der Waals surface area contributed by atoms with Crippen molar-refractivity contribution in [3.8, 4) is 5.75 Å². The first kappa shape index (κ1) is 25.7. The fraction of sp³-hybridized carbons (Fsp3) is 0.417. The number of fused-ring (bicyclic) bond motifs is 1. The average molecular weight is 568 g/mol. The highest BCUT2D eigenvalue weighted by molar-refractivity contribution is 8.01. The second-order valence-corrected chi connectivity index (χ2v) is 14.0. The quantitative estimate of drug-likeness (QED) is 0.169. The molecular weight excluding hydrogens is 542 g/mol. The number of rotatable bonds is 9. The lowest BCUT2D eigenvalue weighted by Gasteiger charge is -2.39. The maximum absolute atomic E-state index is 13.6. The van der Waals surface area contributed by atoms with E-state index in [4.69, 9.17) is 16.3 Å². The number of thiazole rings is 1. The summed E-state index contributed by atoms with van der Waals surface area (Å²) >= 11 is 9.20. The van der Waals surface area contributed by atoms with Gasteiger partial charge < -0.3 is 9.64 Å². The molecule has 0 spiro atoms. The normalized spacial score (nSPS) is 18.3. The summed E-state index contributed by atoms with van der Waals surface area (Å²) in [5, 5.41) is 10.00. The van der Waals surface area contributed by atoms with Crippen molar-refractivity contribution in [1.29, 1.82) is 0 Å². The molecule has 2 N–H and O–H groups in total. The van der Waals surface area contributed by atoms with Crippen LogP contribution in [-0.4, -0.2) is 65.7 Å². The minimum atomic E-state index is -4.03. The van der Waals surface area contributed by atoms with Gasteiger partial charge in [0, 0.05) is 29.9 Å². The van der Waals surface area contributed by atoms with Crippen molar-refractivity contribution in [2.24, 2.45) is 0 Å². The van der Waals surface area contributed by atoms with Crippen LogP contribution in [0.25, 0.3) is 10.2 Å². The van der Waals surface area contributed by atoms with Crippen LogP contribution in [0, 0.1) is 0 Å². The predicted octanol–water partition coefficient (Wildman–Crippen LogP) is 4.40. The molecule has 1 aromatic heterocycles. The molecule has 3 aromatic rings. The molecule has 8 nitrogen and oxygen atoms in total. The largest absolute Gasteiger partial charge is 0.493 e. The molecule has 1 amide bonds. The van der Waals surface area contributed by atoms with Crippen LogP contribution in [0.4, 0.5) is 0 Å². The number of hydrogen-bond donors (Lipinski definition) is 2. The number of benzene rings is 2. The standard InChI is InChI=1S/C24H26ClN3O5S3/c25-16-1-8-21-20(15-16)26-23(35-21)34-14-13-33-18-4-6-19(7-5-18)36(31,32)24(22(29)27-30)9-11-28(12-10-24)17-2-3-17/h1,4-8,15,17,30H,2-3,9-14H2,(H,27,29). The second-order valence-electron chi connectivity index (χ2n) is 8.97. The average Bonchev–Trinajstić information content (AvgIpc) is 3.66. The Morgan fingerprint density at radius 3 is 2.61 bits per heavy atom. The molecule has 0 unspecified atom stereocenters. The maximum Gasteiger partial charge on any atom is 0.265 e. The van der Waals surface area contributed by atoms with E-state index in [-0.39, 0.29) is 17.7 Å². The van der Waals surface area contributed by atoms with E-state index in [0.29, 0.717) is 42.3 Å². The Hall–Kier alpha value is -1.89. The Morgan fingerprint density at radius 1 is 1.22 bits per heavy atom. The van der Waals surface area contributed by atoms with Crippen LogP contribution in [0.15, 0.2) is 51.7 Å². The minimum absolute atomic E-state index is 0.0424. The molecule has 36 heavy (non-hydrogen) atoms. The summed E-state index contributed by atoms with van der Waals surface area (Å²) in [6.07, 6.45) is 2.51. The predicted molar refractivity (Wildman–Crippen MR) is 141 cm³/mol. The van der Waals surface area contributed by atoms with Crippen molar-refractivity contribution in [2.45, 2.75) is 45.7 Å². The molecule has 12 heteroatoms. The van der Waals surface area contributed by atoms with Gasteiger partial charge in [0.1, 0.15) is 5.75 Å². The van der Waals surface area contributed by atoms with Crippen LogP contribution in [0.2, 0.25) is 5.02 Å². The number of thioether (sulfide) groups is 1. The van der Waals surface area contributed by atoms with E-state index < -0.39 is 20.5 Å². The van der Waals surface area contributed by atoms with Gasteiger partial charge in [-0.05, 0) is 68.1 Å². The Labute approximate surface area is 222 Å². The minimum Gasteiger partial charge on any atom is -0.493 e. The highest BCUT2D eigenvalue weighted by Gasteiger charge is 2.53. The van der Waals surface area contributed by atoms with Crippen LogP contribution in [0.1, 0.15) is 25.7 Å². The van der Waals surface area contributed by atoms with Gasteiger partial charge in [-0.25, -0.2) is 18.9 Å². The first-order valence-electron chi connectivity index (χ1n) is 11.7. The smallest absolute Gasteiger partial charge is 0.265 e. The summed E-state index contributed by atoms with van der Waals surface area (Å²) in [4.78, 5) is 19.5. The zero-order chi connectivity index (χ0) is 25.3. The number of nitrogens with zero attached hydrogens (tertiary/aromatic N) is 2. The van der Waals surface area contributed by atoms with Crippen LogP contribution in [-0.2, 0) is 14.6 Å². The molecule has 2 aromatic carbocycles. The molecule has 1 aliphatic heterocycles. The summed E-state index contributed by atoms with van der Waals surface area (Å²) in [6, 6.07) is 12.3.